The Bertz CT molecular complexity index is 2610. The van der Waals surface area contributed by atoms with Crippen LogP contribution in [0.1, 0.15) is 48.4 Å². The first-order chi connectivity index (χ1) is 26.4. The number of nitrogens with zero attached hydrogens (tertiary/aromatic N) is 2. The molecule has 0 fully saturated rings. The van der Waals surface area contributed by atoms with Gasteiger partial charge in [-0.25, -0.2) is 0 Å². The van der Waals surface area contributed by atoms with Gasteiger partial charge < -0.3 is 14.4 Å². The Morgan fingerprint density at radius 1 is 0.694 bits per heavy atom. The Morgan fingerprint density at radius 2 is 1.49 bits per heavy atom. The van der Waals surface area contributed by atoms with E-state index in [-0.39, 0.29) is 31.2 Å². The summed E-state index contributed by atoms with van der Waals surface area (Å²) in [7, 11) is 0. The van der Waals surface area contributed by atoms with Crippen molar-refractivity contribution < 1.29 is 35.5 Å². The minimum atomic E-state index is -2.18. The topological polar surface area (TPSA) is 38.9 Å². The van der Waals surface area contributed by atoms with E-state index in [4.69, 9.17) is 15.4 Å². The van der Waals surface area contributed by atoms with Gasteiger partial charge in [-0.1, -0.05) is 112 Å². The van der Waals surface area contributed by atoms with Crippen LogP contribution in [0.3, 0.4) is 0 Å². The van der Waals surface area contributed by atoms with Gasteiger partial charge in [-0.2, -0.15) is 0 Å². The second kappa shape index (κ2) is 14.3. The maximum absolute atomic E-state index is 8.53. The van der Waals surface area contributed by atoms with Gasteiger partial charge in [0.2, 0.25) is 0 Å². The molecule has 0 spiro atoms. The number of hydrogen-bond acceptors (Lipinski definition) is 3. The Labute approximate surface area is 313 Å². The third kappa shape index (κ3) is 7.73. The van der Waals surface area contributed by atoms with E-state index in [9.17, 15) is 0 Å². The van der Waals surface area contributed by atoms with Gasteiger partial charge >= 0.3 is 0 Å². The predicted molar refractivity (Wildman–Crippen MR) is 200 cm³/mol. The normalized spacial score (nSPS) is 14.5. The number of rotatable bonds is 4. The number of furan rings is 1. The van der Waals surface area contributed by atoms with Gasteiger partial charge in [-0.05, 0) is 80.6 Å². The fourth-order valence-electron chi connectivity index (χ4n) is 5.71. The summed E-state index contributed by atoms with van der Waals surface area (Å²) in [5.41, 5.74) is 7.14. The molecule has 3 aromatic heterocycles. The van der Waals surface area contributed by atoms with E-state index in [0.29, 0.717) is 16.8 Å². The number of aromatic nitrogens is 2. The molecule has 0 bridgehead atoms. The average molecular weight is 823 g/mol. The Kier molecular flexibility index (Phi) is 7.34. The molecule has 0 aliphatic carbocycles. The van der Waals surface area contributed by atoms with E-state index < -0.39 is 25.5 Å². The first kappa shape index (κ1) is 25.1. The molecular weight excluding hydrogens is 777 g/mol. The van der Waals surface area contributed by atoms with Crippen LogP contribution in [0.5, 0.6) is 0 Å². The minimum Gasteiger partial charge on any atom is -0.476 e. The fraction of sp³-hybridized carbons (Fsp3) is 0.156. The number of pyridine rings is 2. The molecule has 1 radical (unpaired) electrons. The summed E-state index contributed by atoms with van der Waals surface area (Å²) in [6.07, 6.45) is 1.68. The quantitative estimate of drug-likeness (QED) is 0.166. The zero-order chi connectivity index (χ0) is 40.0. The standard InChI is InChI=1S/C32H26NO.C13H12N.Ir/c1-32(2,3)20-21-8-10-22(11-9-21)24-16-17-33-28(18-24)25-12-14-27-30(19-25)34-29-15-13-23-6-4-5-7-26(23)31(27)29;1-10-3-6-12(7-4-10)13-8-5-11(2)9-14-13;/h4-11,13-19H,20H2,1-3H3;3-6,8-9H,1-2H3;/q2*-1;/i20D2;1D3,2D3;. The smallest absolute Gasteiger partial charge is 0.124 e. The molecule has 49 heavy (non-hydrogen) atoms. The maximum Gasteiger partial charge on any atom is 0.124 e. The summed E-state index contributed by atoms with van der Waals surface area (Å²) in [6.45, 7) is 1.43. The molecule has 0 atom stereocenters. The van der Waals surface area contributed by atoms with E-state index >= 15 is 0 Å². The van der Waals surface area contributed by atoms with Gasteiger partial charge in [0.15, 0.2) is 0 Å². The zero-order valence-corrected chi connectivity index (χ0v) is 29.7. The molecule has 4 heteroatoms. The molecule has 8 aromatic rings. The molecule has 3 heterocycles. The van der Waals surface area contributed by atoms with Gasteiger partial charge in [0.05, 0.1) is 5.58 Å². The number of hydrogen-bond donors (Lipinski definition) is 0. The van der Waals surface area contributed by atoms with Crippen LogP contribution in [0.2, 0.25) is 0 Å². The third-order valence-corrected chi connectivity index (χ3v) is 7.92. The molecule has 0 aliphatic heterocycles. The molecule has 0 saturated heterocycles. The van der Waals surface area contributed by atoms with Crippen LogP contribution in [-0.4, -0.2) is 9.97 Å². The van der Waals surface area contributed by atoms with Crippen molar-refractivity contribution in [2.75, 3.05) is 0 Å². The molecule has 245 valence electrons. The van der Waals surface area contributed by atoms with Crippen LogP contribution in [0, 0.1) is 31.3 Å². The first-order valence-corrected chi connectivity index (χ1v) is 15.7. The van der Waals surface area contributed by atoms with Crippen molar-refractivity contribution in [1.82, 2.24) is 9.97 Å². The number of aryl methyl sites for hydroxylation is 2. The zero-order valence-electron chi connectivity index (χ0n) is 35.3. The SMILES string of the molecule is [2H]C([2H])([2H])c1c[c-]c(-c2ccc(C([2H])([2H])[2H])cn2)cc1.[2H]C([2H])(c1ccc(-c2ccnc(-c3[c-]cc4c(c3)oc3ccc5ccccc5c34)c2)cc1)C(C)(C)C.[Ir]. The number of fused-ring (bicyclic) bond motifs is 5. The first-order valence-electron chi connectivity index (χ1n) is 19.7. The van der Waals surface area contributed by atoms with Crippen LogP contribution in [0.4, 0.5) is 0 Å². The largest absolute Gasteiger partial charge is 0.476 e. The van der Waals surface area contributed by atoms with E-state index in [1.165, 1.54) is 35.2 Å². The summed E-state index contributed by atoms with van der Waals surface area (Å²) < 4.78 is 66.9. The van der Waals surface area contributed by atoms with Crippen LogP contribution >= 0.6 is 0 Å². The molecule has 0 amide bonds. The summed E-state index contributed by atoms with van der Waals surface area (Å²) in [5.74, 6) is 0. The van der Waals surface area contributed by atoms with Crippen molar-refractivity contribution in [3.8, 4) is 33.6 Å². The van der Waals surface area contributed by atoms with E-state index in [1.54, 1.807) is 18.3 Å². The van der Waals surface area contributed by atoms with Gasteiger partial charge in [0.1, 0.15) is 5.58 Å². The third-order valence-electron chi connectivity index (χ3n) is 7.92. The summed E-state index contributed by atoms with van der Waals surface area (Å²) in [6, 6.07) is 42.1. The Morgan fingerprint density at radius 3 is 2.22 bits per heavy atom. The summed E-state index contributed by atoms with van der Waals surface area (Å²) in [5, 5.41) is 4.52. The monoisotopic (exact) mass is 823 g/mol. The van der Waals surface area contributed by atoms with Gasteiger partial charge in [-0.3, -0.25) is 0 Å². The van der Waals surface area contributed by atoms with Crippen molar-refractivity contribution in [3.05, 3.63) is 156 Å². The molecular formula is C45H38IrN2O-2. The molecule has 0 N–H and O–H groups in total. The summed E-state index contributed by atoms with van der Waals surface area (Å²) in [4.78, 5) is 8.68. The number of benzene rings is 5. The Hall–Kier alpha value is -4.89. The van der Waals surface area contributed by atoms with E-state index in [2.05, 4.69) is 46.4 Å². The average Bonchev–Trinajstić information content (AvgIpc) is 3.56. The van der Waals surface area contributed by atoms with Crippen molar-refractivity contribution in [2.24, 2.45) is 5.41 Å². The molecule has 0 unspecified atom stereocenters. The molecule has 0 saturated carbocycles. The Balaban J connectivity index is 0.000000223. The molecule has 0 aliphatic rings. The summed E-state index contributed by atoms with van der Waals surface area (Å²) >= 11 is 0. The maximum atomic E-state index is 8.53. The fourth-order valence-corrected chi connectivity index (χ4v) is 5.71. The molecule has 5 aromatic carbocycles. The van der Waals surface area contributed by atoms with Gasteiger partial charge in [-0.15, -0.1) is 53.1 Å². The van der Waals surface area contributed by atoms with Crippen molar-refractivity contribution in [1.29, 1.82) is 0 Å². The van der Waals surface area contributed by atoms with E-state index in [1.807, 2.05) is 81.4 Å². The minimum absolute atomic E-state index is 0. The van der Waals surface area contributed by atoms with Crippen LogP contribution in [0.15, 0.2) is 132 Å². The van der Waals surface area contributed by atoms with Crippen LogP contribution in [0.25, 0.3) is 66.4 Å². The van der Waals surface area contributed by atoms with Gasteiger partial charge in [0, 0.05) is 43.5 Å². The predicted octanol–water partition coefficient (Wildman–Crippen LogP) is 12.0. The van der Waals surface area contributed by atoms with Crippen molar-refractivity contribution in [2.45, 2.75) is 40.8 Å². The van der Waals surface area contributed by atoms with Crippen LogP contribution < -0.4 is 0 Å². The molecule has 3 nitrogen and oxygen atoms in total. The molecule has 8 rings (SSSR count). The van der Waals surface area contributed by atoms with Gasteiger partial charge in [0.25, 0.3) is 0 Å². The van der Waals surface area contributed by atoms with Crippen molar-refractivity contribution >= 4 is 32.7 Å². The van der Waals surface area contributed by atoms with E-state index in [0.717, 1.165) is 44.3 Å². The van der Waals surface area contributed by atoms with Crippen LogP contribution in [-0.2, 0) is 26.5 Å². The van der Waals surface area contributed by atoms with Crippen molar-refractivity contribution in [3.63, 3.8) is 0 Å². The second-order valence-electron chi connectivity index (χ2n) is 12.7. The second-order valence-corrected chi connectivity index (χ2v) is 12.7.